The summed E-state index contributed by atoms with van der Waals surface area (Å²) in [6.45, 7) is 0. The molecule has 1 atom stereocenters. The first kappa shape index (κ1) is 11.1. The summed E-state index contributed by atoms with van der Waals surface area (Å²) >= 11 is 5.82. The minimum atomic E-state index is -0.435. The van der Waals surface area contributed by atoms with Gasteiger partial charge in [-0.2, -0.15) is 0 Å². The Morgan fingerprint density at radius 2 is 1.78 bits per heavy atom. The van der Waals surface area contributed by atoms with E-state index in [0.717, 1.165) is 11.3 Å². The first-order valence-electron chi connectivity index (χ1n) is 5.56. The van der Waals surface area contributed by atoms with E-state index < -0.39 is 6.23 Å². The molecule has 1 N–H and O–H groups in total. The second-order valence-electron chi connectivity index (χ2n) is 4.02. The van der Waals surface area contributed by atoms with Crippen LogP contribution in [0.25, 0.3) is 0 Å². The zero-order valence-electron chi connectivity index (χ0n) is 9.39. The summed E-state index contributed by atoms with van der Waals surface area (Å²) in [4.78, 5) is 11.6. The fourth-order valence-electron chi connectivity index (χ4n) is 1.95. The molecule has 0 aromatic heterocycles. The van der Waals surface area contributed by atoms with Crippen LogP contribution in [-0.4, -0.2) is 5.97 Å². The van der Waals surface area contributed by atoms with Crippen molar-refractivity contribution in [3.8, 4) is 0 Å². The standard InChI is InChI=1S/C14H10ClNO2/c15-9-5-7-10(8-6-9)16-13-11-3-1-2-4-12(11)14(17)18-13/h1-8,13,16H/t13-/m1/s1. The average molecular weight is 260 g/mol. The van der Waals surface area contributed by atoms with Crippen LogP contribution in [0.15, 0.2) is 48.5 Å². The molecule has 0 spiro atoms. The lowest BCUT2D eigenvalue weighted by atomic mass is 10.1. The number of carbonyl (C=O) groups excluding carboxylic acids is 1. The number of hydrogen-bond donors (Lipinski definition) is 1. The highest BCUT2D eigenvalue weighted by atomic mass is 35.5. The Kier molecular flexibility index (Phi) is 2.68. The van der Waals surface area contributed by atoms with E-state index in [1.54, 1.807) is 18.2 Å². The van der Waals surface area contributed by atoms with Crippen LogP contribution in [0.1, 0.15) is 22.1 Å². The highest BCUT2D eigenvalue weighted by Gasteiger charge is 2.30. The molecule has 0 amide bonds. The van der Waals surface area contributed by atoms with Crippen molar-refractivity contribution in [2.45, 2.75) is 6.23 Å². The molecule has 3 nitrogen and oxygen atoms in total. The molecule has 4 heteroatoms. The first-order chi connectivity index (χ1) is 8.74. The number of cyclic esters (lactones) is 1. The van der Waals surface area contributed by atoms with Crippen molar-refractivity contribution in [3.05, 3.63) is 64.7 Å². The minimum absolute atomic E-state index is 0.294. The van der Waals surface area contributed by atoms with Gasteiger partial charge in [0.25, 0.3) is 0 Å². The lowest BCUT2D eigenvalue weighted by Crippen LogP contribution is -2.10. The van der Waals surface area contributed by atoms with Crippen LogP contribution in [0.2, 0.25) is 5.02 Å². The van der Waals surface area contributed by atoms with E-state index in [1.165, 1.54) is 0 Å². The monoisotopic (exact) mass is 259 g/mol. The third-order valence-electron chi connectivity index (χ3n) is 2.83. The number of benzene rings is 2. The molecule has 0 saturated heterocycles. The summed E-state index contributed by atoms with van der Waals surface area (Å²) in [5.74, 6) is -0.294. The number of anilines is 1. The summed E-state index contributed by atoms with van der Waals surface area (Å²) in [5, 5.41) is 3.82. The zero-order chi connectivity index (χ0) is 12.5. The predicted octanol–water partition coefficient (Wildman–Crippen LogP) is 3.62. The number of esters is 1. The SMILES string of the molecule is O=C1O[C@@H](Nc2ccc(Cl)cc2)c2ccccc21. The second-order valence-corrected chi connectivity index (χ2v) is 4.46. The lowest BCUT2D eigenvalue weighted by Gasteiger charge is -2.14. The summed E-state index contributed by atoms with van der Waals surface area (Å²) in [5.41, 5.74) is 2.33. The van der Waals surface area contributed by atoms with Gasteiger partial charge in [0, 0.05) is 16.3 Å². The van der Waals surface area contributed by atoms with Crippen LogP contribution in [0, 0.1) is 0 Å². The Morgan fingerprint density at radius 3 is 2.56 bits per heavy atom. The van der Waals surface area contributed by atoms with Crippen LogP contribution < -0.4 is 5.32 Å². The number of rotatable bonds is 2. The molecule has 1 heterocycles. The number of hydrogen-bond acceptors (Lipinski definition) is 3. The molecule has 0 radical (unpaired) electrons. The number of halogens is 1. The van der Waals surface area contributed by atoms with E-state index in [0.29, 0.717) is 10.6 Å². The van der Waals surface area contributed by atoms with E-state index in [4.69, 9.17) is 16.3 Å². The summed E-state index contributed by atoms with van der Waals surface area (Å²) in [6.07, 6.45) is -0.435. The van der Waals surface area contributed by atoms with Crippen molar-refractivity contribution in [2.75, 3.05) is 5.32 Å². The summed E-state index contributed by atoms with van der Waals surface area (Å²) in [6, 6.07) is 14.6. The van der Waals surface area contributed by atoms with E-state index in [2.05, 4.69) is 5.32 Å². The van der Waals surface area contributed by atoms with Crippen molar-refractivity contribution >= 4 is 23.3 Å². The lowest BCUT2D eigenvalue weighted by molar-refractivity contribution is 0.0437. The molecular weight excluding hydrogens is 250 g/mol. The van der Waals surface area contributed by atoms with E-state index in [9.17, 15) is 4.79 Å². The Hall–Kier alpha value is -2.00. The molecule has 0 aliphatic carbocycles. The van der Waals surface area contributed by atoms with Gasteiger partial charge in [-0.15, -0.1) is 0 Å². The summed E-state index contributed by atoms with van der Waals surface area (Å²) in [7, 11) is 0. The van der Waals surface area contributed by atoms with Crippen LogP contribution in [0.5, 0.6) is 0 Å². The minimum Gasteiger partial charge on any atom is -0.434 e. The second kappa shape index (κ2) is 4.35. The Bertz CT molecular complexity index is 595. The number of carbonyl (C=O) groups is 1. The Labute approximate surface area is 109 Å². The highest BCUT2D eigenvalue weighted by molar-refractivity contribution is 6.30. The van der Waals surface area contributed by atoms with Crippen LogP contribution in [-0.2, 0) is 4.74 Å². The van der Waals surface area contributed by atoms with Gasteiger partial charge in [-0.1, -0.05) is 29.8 Å². The highest BCUT2D eigenvalue weighted by Crippen LogP contribution is 2.31. The van der Waals surface area contributed by atoms with Crippen LogP contribution >= 0.6 is 11.6 Å². The van der Waals surface area contributed by atoms with Gasteiger partial charge in [0.1, 0.15) is 0 Å². The summed E-state index contributed by atoms with van der Waals surface area (Å²) < 4.78 is 5.28. The molecule has 3 rings (SSSR count). The van der Waals surface area contributed by atoms with Gasteiger partial charge in [0.05, 0.1) is 5.56 Å². The first-order valence-corrected chi connectivity index (χ1v) is 5.94. The molecule has 90 valence electrons. The quantitative estimate of drug-likeness (QED) is 0.837. The Balaban J connectivity index is 1.87. The predicted molar refractivity (Wildman–Crippen MR) is 69.7 cm³/mol. The largest absolute Gasteiger partial charge is 0.434 e. The number of nitrogens with one attached hydrogen (secondary N) is 1. The average Bonchev–Trinajstić information content (AvgIpc) is 2.70. The van der Waals surface area contributed by atoms with Crippen molar-refractivity contribution < 1.29 is 9.53 Å². The normalized spacial score (nSPS) is 17.2. The molecule has 2 aromatic rings. The zero-order valence-corrected chi connectivity index (χ0v) is 10.1. The molecule has 2 aromatic carbocycles. The van der Waals surface area contributed by atoms with Gasteiger partial charge in [-0.25, -0.2) is 4.79 Å². The van der Waals surface area contributed by atoms with E-state index >= 15 is 0 Å². The van der Waals surface area contributed by atoms with Crippen LogP contribution in [0.4, 0.5) is 5.69 Å². The molecule has 0 fully saturated rings. The molecule has 0 saturated carbocycles. The van der Waals surface area contributed by atoms with E-state index in [1.807, 2.05) is 30.3 Å². The maximum absolute atomic E-state index is 11.6. The van der Waals surface area contributed by atoms with Gasteiger partial charge in [0.15, 0.2) is 0 Å². The van der Waals surface area contributed by atoms with Crippen molar-refractivity contribution in [3.63, 3.8) is 0 Å². The van der Waals surface area contributed by atoms with Crippen molar-refractivity contribution in [1.82, 2.24) is 0 Å². The molecule has 18 heavy (non-hydrogen) atoms. The van der Waals surface area contributed by atoms with Gasteiger partial charge in [0.2, 0.25) is 6.23 Å². The fourth-order valence-corrected chi connectivity index (χ4v) is 2.08. The Morgan fingerprint density at radius 1 is 1.06 bits per heavy atom. The molecular formula is C14H10ClNO2. The van der Waals surface area contributed by atoms with Crippen LogP contribution in [0.3, 0.4) is 0 Å². The third kappa shape index (κ3) is 1.93. The molecule has 0 unspecified atom stereocenters. The maximum atomic E-state index is 11.6. The molecule has 1 aliphatic heterocycles. The van der Waals surface area contributed by atoms with Gasteiger partial charge < -0.3 is 10.1 Å². The van der Waals surface area contributed by atoms with Gasteiger partial charge >= 0.3 is 5.97 Å². The topological polar surface area (TPSA) is 38.3 Å². The number of fused-ring (bicyclic) bond motifs is 1. The van der Waals surface area contributed by atoms with Gasteiger partial charge in [-0.05, 0) is 30.3 Å². The van der Waals surface area contributed by atoms with Gasteiger partial charge in [-0.3, -0.25) is 0 Å². The van der Waals surface area contributed by atoms with Crippen molar-refractivity contribution in [1.29, 1.82) is 0 Å². The fraction of sp³-hybridized carbons (Fsp3) is 0.0714. The maximum Gasteiger partial charge on any atom is 0.340 e. The third-order valence-corrected chi connectivity index (χ3v) is 3.08. The van der Waals surface area contributed by atoms with E-state index in [-0.39, 0.29) is 5.97 Å². The smallest absolute Gasteiger partial charge is 0.340 e. The number of ether oxygens (including phenoxy) is 1. The van der Waals surface area contributed by atoms with Crippen molar-refractivity contribution in [2.24, 2.45) is 0 Å². The molecule has 1 aliphatic rings. The molecule has 0 bridgehead atoms.